The highest BCUT2D eigenvalue weighted by molar-refractivity contribution is 7.98. The van der Waals surface area contributed by atoms with Crippen molar-refractivity contribution in [1.29, 1.82) is 0 Å². The van der Waals surface area contributed by atoms with Gasteiger partial charge in [-0.05, 0) is 43.7 Å². The van der Waals surface area contributed by atoms with Crippen LogP contribution in [0.1, 0.15) is 32.6 Å². The molecule has 0 saturated carbocycles. The summed E-state index contributed by atoms with van der Waals surface area (Å²) >= 11 is 1.71. The predicted octanol–water partition coefficient (Wildman–Crippen LogP) is 4.56. The first-order chi connectivity index (χ1) is 9.06. The fourth-order valence-corrected chi connectivity index (χ4v) is 3.35. The zero-order valence-electron chi connectivity index (χ0n) is 11.8. The SMILES string of the molecule is CSc1c(C)cc(C)c(C(=O)c2ccccc2)c1C. The maximum Gasteiger partial charge on any atom is 0.193 e. The topological polar surface area (TPSA) is 17.1 Å². The van der Waals surface area contributed by atoms with Crippen molar-refractivity contribution in [2.75, 3.05) is 6.26 Å². The van der Waals surface area contributed by atoms with Gasteiger partial charge in [0.05, 0.1) is 0 Å². The lowest BCUT2D eigenvalue weighted by molar-refractivity contribution is 0.103. The molecule has 2 heteroatoms. The monoisotopic (exact) mass is 270 g/mol. The van der Waals surface area contributed by atoms with Gasteiger partial charge in [0.25, 0.3) is 0 Å². The first-order valence-corrected chi connectivity index (χ1v) is 7.53. The third-order valence-electron chi connectivity index (χ3n) is 3.37. The normalized spacial score (nSPS) is 10.5. The highest BCUT2D eigenvalue weighted by atomic mass is 32.2. The minimum Gasteiger partial charge on any atom is -0.289 e. The van der Waals surface area contributed by atoms with Crippen molar-refractivity contribution >= 4 is 17.5 Å². The molecule has 19 heavy (non-hydrogen) atoms. The van der Waals surface area contributed by atoms with Gasteiger partial charge >= 0.3 is 0 Å². The molecule has 0 radical (unpaired) electrons. The van der Waals surface area contributed by atoms with Crippen LogP contribution in [0.25, 0.3) is 0 Å². The third kappa shape index (κ3) is 2.59. The van der Waals surface area contributed by atoms with Crippen LogP contribution < -0.4 is 0 Å². The van der Waals surface area contributed by atoms with Gasteiger partial charge in [0, 0.05) is 16.0 Å². The number of hydrogen-bond donors (Lipinski definition) is 0. The van der Waals surface area contributed by atoms with E-state index in [9.17, 15) is 4.79 Å². The van der Waals surface area contributed by atoms with E-state index >= 15 is 0 Å². The van der Waals surface area contributed by atoms with E-state index in [1.165, 1.54) is 10.5 Å². The minimum atomic E-state index is 0.117. The van der Waals surface area contributed by atoms with Crippen LogP contribution in [0.4, 0.5) is 0 Å². The standard InChI is InChI=1S/C17H18OS/c1-11-10-12(2)17(19-4)13(3)15(11)16(18)14-8-6-5-7-9-14/h5-10H,1-4H3. The molecule has 0 heterocycles. The molecule has 98 valence electrons. The van der Waals surface area contributed by atoms with Gasteiger partial charge in [-0.1, -0.05) is 36.4 Å². The largest absolute Gasteiger partial charge is 0.289 e. The molecule has 2 aromatic rings. The lowest BCUT2D eigenvalue weighted by Gasteiger charge is -2.15. The Hall–Kier alpha value is -1.54. The van der Waals surface area contributed by atoms with Gasteiger partial charge in [0.1, 0.15) is 0 Å². The number of thioether (sulfide) groups is 1. The molecule has 0 aromatic heterocycles. The van der Waals surface area contributed by atoms with Crippen molar-refractivity contribution in [3.8, 4) is 0 Å². The molecule has 0 saturated heterocycles. The molecular formula is C17H18OS. The summed E-state index contributed by atoms with van der Waals surface area (Å²) in [4.78, 5) is 13.9. The van der Waals surface area contributed by atoms with Gasteiger partial charge in [0.2, 0.25) is 0 Å². The molecule has 0 spiro atoms. The van der Waals surface area contributed by atoms with Crippen LogP contribution in [0, 0.1) is 20.8 Å². The Balaban J connectivity index is 2.60. The molecule has 2 aromatic carbocycles. The summed E-state index contributed by atoms with van der Waals surface area (Å²) in [5.74, 6) is 0.117. The molecule has 0 unspecified atom stereocenters. The molecule has 1 nitrogen and oxygen atoms in total. The van der Waals surface area contributed by atoms with Crippen molar-refractivity contribution in [3.63, 3.8) is 0 Å². The summed E-state index contributed by atoms with van der Waals surface area (Å²) in [6.07, 6.45) is 2.06. The van der Waals surface area contributed by atoms with Gasteiger partial charge in [-0.3, -0.25) is 4.79 Å². The summed E-state index contributed by atoms with van der Waals surface area (Å²) in [5.41, 5.74) is 5.00. The van der Waals surface area contributed by atoms with Crippen molar-refractivity contribution in [1.82, 2.24) is 0 Å². The second-order valence-corrected chi connectivity index (χ2v) is 5.56. The third-order valence-corrected chi connectivity index (χ3v) is 4.40. The van der Waals surface area contributed by atoms with Crippen molar-refractivity contribution in [3.05, 3.63) is 64.2 Å². The van der Waals surface area contributed by atoms with Crippen LogP contribution in [-0.4, -0.2) is 12.0 Å². The number of rotatable bonds is 3. The summed E-state index contributed by atoms with van der Waals surface area (Å²) in [5, 5.41) is 0. The Morgan fingerprint density at radius 1 is 1.00 bits per heavy atom. The number of carbonyl (C=O) groups is 1. The van der Waals surface area contributed by atoms with Gasteiger partial charge < -0.3 is 0 Å². The Morgan fingerprint density at radius 2 is 1.63 bits per heavy atom. The van der Waals surface area contributed by atoms with Crippen LogP contribution in [0.15, 0.2) is 41.3 Å². The summed E-state index contributed by atoms with van der Waals surface area (Å²) in [6, 6.07) is 11.6. The molecule has 0 amide bonds. The molecule has 0 aliphatic carbocycles. The van der Waals surface area contributed by atoms with Crippen LogP contribution in [0.2, 0.25) is 0 Å². The molecule has 0 bridgehead atoms. The number of hydrogen-bond acceptors (Lipinski definition) is 2. The van der Waals surface area contributed by atoms with E-state index in [1.54, 1.807) is 11.8 Å². The Kier molecular flexibility index (Phi) is 4.11. The van der Waals surface area contributed by atoms with Crippen LogP contribution in [0.3, 0.4) is 0 Å². The first kappa shape index (κ1) is 13.9. The van der Waals surface area contributed by atoms with Crippen molar-refractivity contribution in [2.45, 2.75) is 25.7 Å². The van der Waals surface area contributed by atoms with E-state index in [0.29, 0.717) is 0 Å². The van der Waals surface area contributed by atoms with Gasteiger partial charge in [0.15, 0.2) is 5.78 Å². The Morgan fingerprint density at radius 3 is 2.21 bits per heavy atom. The zero-order chi connectivity index (χ0) is 14.0. The summed E-state index contributed by atoms with van der Waals surface area (Å²) < 4.78 is 0. The average Bonchev–Trinajstić information content (AvgIpc) is 2.39. The van der Waals surface area contributed by atoms with Gasteiger partial charge in [-0.2, -0.15) is 0 Å². The average molecular weight is 270 g/mol. The van der Waals surface area contributed by atoms with E-state index in [2.05, 4.69) is 19.2 Å². The molecule has 0 aliphatic heterocycles. The number of aryl methyl sites for hydroxylation is 2. The zero-order valence-corrected chi connectivity index (χ0v) is 12.6. The maximum atomic E-state index is 12.7. The van der Waals surface area contributed by atoms with Crippen LogP contribution in [0.5, 0.6) is 0 Å². The lowest BCUT2D eigenvalue weighted by Crippen LogP contribution is -2.08. The molecule has 0 atom stereocenters. The van der Waals surface area contributed by atoms with Crippen molar-refractivity contribution in [2.24, 2.45) is 0 Å². The Bertz CT molecular complexity index is 615. The van der Waals surface area contributed by atoms with E-state index in [4.69, 9.17) is 0 Å². The molecular weight excluding hydrogens is 252 g/mol. The highest BCUT2D eigenvalue weighted by Crippen LogP contribution is 2.30. The van der Waals surface area contributed by atoms with Crippen LogP contribution in [-0.2, 0) is 0 Å². The number of carbonyl (C=O) groups excluding carboxylic acids is 1. The summed E-state index contributed by atoms with van der Waals surface area (Å²) in [6.45, 7) is 6.16. The first-order valence-electron chi connectivity index (χ1n) is 6.30. The maximum absolute atomic E-state index is 12.7. The van der Waals surface area contributed by atoms with E-state index in [-0.39, 0.29) is 5.78 Å². The van der Waals surface area contributed by atoms with Gasteiger partial charge in [-0.25, -0.2) is 0 Å². The van der Waals surface area contributed by atoms with E-state index < -0.39 is 0 Å². The summed E-state index contributed by atoms with van der Waals surface area (Å²) in [7, 11) is 0. The highest BCUT2D eigenvalue weighted by Gasteiger charge is 2.17. The van der Waals surface area contributed by atoms with Crippen LogP contribution >= 0.6 is 11.8 Å². The molecule has 2 rings (SSSR count). The quantitative estimate of drug-likeness (QED) is 0.600. The fraction of sp³-hybridized carbons (Fsp3) is 0.235. The predicted molar refractivity (Wildman–Crippen MR) is 82.3 cm³/mol. The van der Waals surface area contributed by atoms with E-state index in [0.717, 1.165) is 22.3 Å². The second-order valence-electron chi connectivity index (χ2n) is 4.74. The molecule has 0 N–H and O–H groups in total. The van der Waals surface area contributed by atoms with Gasteiger partial charge in [-0.15, -0.1) is 11.8 Å². The fourth-order valence-electron chi connectivity index (χ4n) is 2.56. The smallest absolute Gasteiger partial charge is 0.193 e. The molecule has 0 fully saturated rings. The minimum absolute atomic E-state index is 0.117. The molecule has 0 aliphatic rings. The second kappa shape index (κ2) is 5.62. The Labute approximate surface area is 119 Å². The van der Waals surface area contributed by atoms with Crippen molar-refractivity contribution < 1.29 is 4.79 Å². The lowest BCUT2D eigenvalue weighted by atomic mass is 9.93. The van der Waals surface area contributed by atoms with E-state index in [1.807, 2.05) is 44.2 Å². The number of benzene rings is 2. The number of ketones is 1.